The summed E-state index contributed by atoms with van der Waals surface area (Å²) in [5, 5.41) is 15.5. The zero-order valence-corrected chi connectivity index (χ0v) is 8.20. The van der Waals surface area contributed by atoms with Crippen molar-refractivity contribution in [2.75, 3.05) is 32.7 Å². The molecular formula is C9H17N3O2. The van der Waals surface area contributed by atoms with Gasteiger partial charge in [-0.05, 0) is 6.42 Å². The minimum absolute atomic E-state index is 0.142. The van der Waals surface area contributed by atoms with Gasteiger partial charge < -0.3 is 20.6 Å². The van der Waals surface area contributed by atoms with Crippen LogP contribution in [0.1, 0.15) is 6.42 Å². The quantitative estimate of drug-likeness (QED) is 0.463. The van der Waals surface area contributed by atoms with Crippen molar-refractivity contribution in [3.8, 4) is 0 Å². The van der Waals surface area contributed by atoms with Crippen LogP contribution in [0.15, 0.2) is 0 Å². The van der Waals surface area contributed by atoms with Gasteiger partial charge in [-0.1, -0.05) is 0 Å². The number of aliphatic hydroxyl groups excluding tert-OH is 1. The third-order valence-corrected chi connectivity index (χ3v) is 2.83. The molecule has 2 saturated heterocycles. The summed E-state index contributed by atoms with van der Waals surface area (Å²) in [5.41, 5.74) is 0. The molecule has 3 N–H and O–H groups in total. The van der Waals surface area contributed by atoms with E-state index in [1.165, 1.54) is 0 Å². The zero-order chi connectivity index (χ0) is 9.97. The fraction of sp³-hybridized carbons (Fsp3) is 0.889. The van der Waals surface area contributed by atoms with Crippen molar-refractivity contribution in [1.82, 2.24) is 15.5 Å². The maximum absolute atomic E-state index is 11.9. The van der Waals surface area contributed by atoms with Gasteiger partial charge in [-0.25, -0.2) is 0 Å². The number of carbonyl (C=O) groups is 1. The van der Waals surface area contributed by atoms with Crippen LogP contribution in [0, 0.1) is 0 Å². The van der Waals surface area contributed by atoms with E-state index < -0.39 is 0 Å². The second-order valence-corrected chi connectivity index (χ2v) is 3.93. The highest BCUT2D eigenvalue weighted by atomic mass is 16.3. The van der Waals surface area contributed by atoms with Gasteiger partial charge in [0.25, 0.3) is 0 Å². The van der Waals surface area contributed by atoms with Crippen LogP contribution in [0.5, 0.6) is 0 Å². The summed E-state index contributed by atoms with van der Waals surface area (Å²) >= 11 is 0. The molecule has 2 aliphatic rings. The van der Waals surface area contributed by atoms with Crippen LogP contribution in [0.2, 0.25) is 0 Å². The average molecular weight is 199 g/mol. The molecule has 2 atom stereocenters. The number of carbonyl (C=O) groups excluding carboxylic acids is 1. The van der Waals surface area contributed by atoms with E-state index in [9.17, 15) is 9.90 Å². The topological polar surface area (TPSA) is 64.6 Å². The van der Waals surface area contributed by atoms with Crippen LogP contribution >= 0.6 is 0 Å². The van der Waals surface area contributed by atoms with Gasteiger partial charge in [-0.2, -0.15) is 0 Å². The Hall–Kier alpha value is -0.650. The third kappa shape index (κ3) is 2.05. The largest absolute Gasteiger partial charge is 0.392 e. The molecule has 0 aliphatic carbocycles. The number of nitrogens with zero attached hydrogens (tertiary/aromatic N) is 1. The normalized spacial score (nSPS) is 33.4. The molecule has 0 radical (unpaired) electrons. The molecule has 0 unspecified atom stereocenters. The van der Waals surface area contributed by atoms with Crippen molar-refractivity contribution in [3.05, 3.63) is 0 Å². The highest BCUT2D eigenvalue weighted by Gasteiger charge is 2.31. The Morgan fingerprint density at radius 1 is 1.36 bits per heavy atom. The van der Waals surface area contributed by atoms with Crippen molar-refractivity contribution in [3.63, 3.8) is 0 Å². The molecule has 0 aromatic carbocycles. The number of nitrogens with one attached hydrogen (secondary N) is 2. The van der Waals surface area contributed by atoms with E-state index in [0.717, 1.165) is 26.2 Å². The van der Waals surface area contributed by atoms with Gasteiger partial charge in [0.1, 0.15) is 0 Å². The highest BCUT2D eigenvalue weighted by Crippen LogP contribution is 2.09. The predicted molar refractivity (Wildman–Crippen MR) is 51.9 cm³/mol. The minimum Gasteiger partial charge on any atom is -0.392 e. The van der Waals surface area contributed by atoms with E-state index in [4.69, 9.17) is 0 Å². The predicted octanol–water partition coefficient (Wildman–Crippen LogP) is -1.86. The first kappa shape index (κ1) is 9.89. The Kier molecular flexibility index (Phi) is 3.00. The molecule has 0 spiro atoms. The van der Waals surface area contributed by atoms with Gasteiger partial charge in [0, 0.05) is 32.7 Å². The van der Waals surface area contributed by atoms with Gasteiger partial charge in [-0.3, -0.25) is 4.79 Å². The first-order valence-electron chi connectivity index (χ1n) is 5.18. The van der Waals surface area contributed by atoms with E-state index in [1.807, 2.05) is 4.90 Å². The Labute approximate surface area is 83.5 Å². The lowest BCUT2D eigenvalue weighted by Crippen LogP contribution is -2.51. The molecule has 0 aromatic heterocycles. The highest BCUT2D eigenvalue weighted by molar-refractivity contribution is 5.82. The monoisotopic (exact) mass is 199 g/mol. The standard InChI is InChI=1S/C9H17N3O2/c13-7-5-8(11-6-7)9(14)12-3-1-10-2-4-12/h7-8,10-11,13H,1-6H2/t7-,8+/m0/s1. The van der Waals surface area contributed by atoms with Gasteiger partial charge in [0.15, 0.2) is 0 Å². The number of hydrogen-bond acceptors (Lipinski definition) is 4. The number of aliphatic hydroxyl groups is 1. The lowest BCUT2D eigenvalue weighted by molar-refractivity contribution is -0.133. The van der Waals surface area contributed by atoms with Gasteiger partial charge in [0.05, 0.1) is 12.1 Å². The van der Waals surface area contributed by atoms with Crippen LogP contribution in [0.3, 0.4) is 0 Å². The van der Waals surface area contributed by atoms with E-state index in [1.54, 1.807) is 0 Å². The van der Waals surface area contributed by atoms with Crippen molar-refractivity contribution >= 4 is 5.91 Å². The Morgan fingerprint density at radius 3 is 2.64 bits per heavy atom. The number of β-amino-alcohol motifs (C(OH)–C–C–N with tert-alkyl or cyclic N) is 1. The summed E-state index contributed by atoms with van der Waals surface area (Å²) in [6, 6.07) is -0.164. The van der Waals surface area contributed by atoms with Crippen LogP contribution in [-0.4, -0.2) is 60.8 Å². The van der Waals surface area contributed by atoms with E-state index in [0.29, 0.717) is 13.0 Å². The minimum atomic E-state index is -0.355. The van der Waals surface area contributed by atoms with Crippen LogP contribution in [0.25, 0.3) is 0 Å². The van der Waals surface area contributed by atoms with E-state index in [-0.39, 0.29) is 18.1 Å². The number of rotatable bonds is 1. The van der Waals surface area contributed by atoms with Crippen molar-refractivity contribution in [2.24, 2.45) is 0 Å². The van der Waals surface area contributed by atoms with Crippen LogP contribution in [0.4, 0.5) is 0 Å². The fourth-order valence-electron chi connectivity index (χ4n) is 2.01. The van der Waals surface area contributed by atoms with E-state index in [2.05, 4.69) is 10.6 Å². The molecule has 2 rings (SSSR count). The molecule has 1 amide bonds. The third-order valence-electron chi connectivity index (χ3n) is 2.83. The Morgan fingerprint density at radius 2 is 2.07 bits per heavy atom. The van der Waals surface area contributed by atoms with Crippen molar-refractivity contribution in [1.29, 1.82) is 0 Å². The molecule has 5 heteroatoms. The lowest BCUT2D eigenvalue weighted by Gasteiger charge is -2.29. The first-order chi connectivity index (χ1) is 6.77. The number of piperazine rings is 1. The molecule has 0 aromatic rings. The summed E-state index contributed by atoms with van der Waals surface area (Å²) in [7, 11) is 0. The Bertz CT molecular complexity index is 209. The number of hydrogen-bond donors (Lipinski definition) is 3. The van der Waals surface area contributed by atoms with Gasteiger partial charge >= 0.3 is 0 Å². The maximum atomic E-state index is 11.9. The van der Waals surface area contributed by atoms with Gasteiger partial charge in [-0.15, -0.1) is 0 Å². The summed E-state index contributed by atoms with van der Waals surface area (Å²) in [4.78, 5) is 13.7. The summed E-state index contributed by atoms with van der Waals surface area (Å²) < 4.78 is 0. The fourth-order valence-corrected chi connectivity index (χ4v) is 2.01. The van der Waals surface area contributed by atoms with Crippen LogP contribution in [-0.2, 0) is 4.79 Å². The molecule has 80 valence electrons. The van der Waals surface area contributed by atoms with Gasteiger partial charge in [0.2, 0.25) is 5.91 Å². The van der Waals surface area contributed by atoms with Crippen molar-refractivity contribution in [2.45, 2.75) is 18.6 Å². The molecule has 14 heavy (non-hydrogen) atoms. The van der Waals surface area contributed by atoms with E-state index >= 15 is 0 Å². The average Bonchev–Trinajstić information content (AvgIpc) is 2.65. The summed E-state index contributed by atoms with van der Waals surface area (Å²) in [6.07, 6.45) is 0.204. The molecule has 0 bridgehead atoms. The van der Waals surface area contributed by atoms with Crippen LogP contribution < -0.4 is 10.6 Å². The maximum Gasteiger partial charge on any atom is 0.239 e. The smallest absolute Gasteiger partial charge is 0.239 e. The first-order valence-corrected chi connectivity index (χ1v) is 5.18. The second-order valence-electron chi connectivity index (χ2n) is 3.93. The lowest BCUT2D eigenvalue weighted by atomic mass is 10.1. The molecule has 5 nitrogen and oxygen atoms in total. The molecule has 0 saturated carbocycles. The molecule has 2 aliphatic heterocycles. The Balaban J connectivity index is 1.87. The number of amides is 1. The molecule has 2 fully saturated rings. The summed E-state index contributed by atoms with van der Waals surface area (Å²) in [6.45, 7) is 3.87. The molecule has 2 heterocycles. The summed E-state index contributed by atoms with van der Waals surface area (Å²) in [5.74, 6) is 0.142. The molecular weight excluding hydrogens is 182 g/mol. The zero-order valence-electron chi connectivity index (χ0n) is 8.20. The second kappa shape index (κ2) is 4.25. The van der Waals surface area contributed by atoms with Crippen molar-refractivity contribution < 1.29 is 9.90 Å². The SMILES string of the molecule is O=C([C@H]1C[C@H](O)CN1)N1CCNCC1.